The summed E-state index contributed by atoms with van der Waals surface area (Å²) in [6, 6.07) is 13.3. The van der Waals surface area contributed by atoms with Crippen LogP contribution in [0.2, 0.25) is 0 Å². The lowest BCUT2D eigenvalue weighted by molar-refractivity contribution is -0.122. The molecule has 3 rings (SSSR count). The zero-order valence-electron chi connectivity index (χ0n) is 13.9. The van der Waals surface area contributed by atoms with Gasteiger partial charge in [-0.05, 0) is 43.4 Å². The third-order valence-corrected chi connectivity index (χ3v) is 4.01. The summed E-state index contributed by atoms with van der Waals surface area (Å²) in [6.07, 6.45) is 1.34. The van der Waals surface area contributed by atoms with Gasteiger partial charge in [-0.25, -0.2) is 0 Å². The molecule has 26 heavy (non-hydrogen) atoms. The number of anilines is 1. The summed E-state index contributed by atoms with van der Waals surface area (Å²) >= 11 is 5.17. The van der Waals surface area contributed by atoms with Gasteiger partial charge >= 0.3 is 0 Å². The van der Waals surface area contributed by atoms with Gasteiger partial charge in [0.05, 0.1) is 12.3 Å². The van der Waals surface area contributed by atoms with Crippen molar-refractivity contribution in [3.8, 4) is 11.5 Å². The smallest absolute Gasteiger partial charge is 0.270 e. The molecular weight excluding hydrogens is 352 g/mol. The number of hydrogen-bond donors (Lipinski definition) is 2. The number of para-hydroxylation sites is 1. The second-order valence-corrected chi connectivity index (χ2v) is 5.83. The molecule has 2 amide bonds. The van der Waals surface area contributed by atoms with Crippen LogP contribution in [0.4, 0.5) is 5.69 Å². The molecule has 2 N–H and O–H groups in total. The molecule has 0 radical (unpaired) electrons. The highest BCUT2D eigenvalue weighted by molar-refractivity contribution is 7.80. The predicted octanol–water partition coefficient (Wildman–Crippen LogP) is 2.62. The molecule has 6 nitrogen and oxygen atoms in total. The van der Waals surface area contributed by atoms with Crippen molar-refractivity contribution in [2.24, 2.45) is 0 Å². The molecule has 0 saturated carbocycles. The van der Waals surface area contributed by atoms with Gasteiger partial charge in [0.15, 0.2) is 5.11 Å². The fourth-order valence-corrected chi connectivity index (χ4v) is 2.82. The number of phenols is 1. The Kier molecular flexibility index (Phi) is 4.99. The molecule has 0 aromatic heterocycles. The number of rotatable bonds is 4. The number of nitrogens with zero attached hydrogens (tertiary/aromatic N) is 1. The quantitative estimate of drug-likeness (QED) is 0.493. The third kappa shape index (κ3) is 3.43. The molecular formula is C19H16N2O4S. The van der Waals surface area contributed by atoms with E-state index in [4.69, 9.17) is 17.0 Å². The topological polar surface area (TPSA) is 78.9 Å². The maximum absolute atomic E-state index is 12.9. The largest absolute Gasteiger partial charge is 0.507 e. The Labute approximate surface area is 155 Å². The van der Waals surface area contributed by atoms with E-state index >= 15 is 0 Å². The molecule has 132 valence electrons. The first kappa shape index (κ1) is 17.6. The minimum absolute atomic E-state index is 0.0110. The van der Waals surface area contributed by atoms with E-state index < -0.39 is 11.8 Å². The molecule has 7 heteroatoms. The number of carbonyl (C=O) groups is 2. The summed E-state index contributed by atoms with van der Waals surface area (Å²) < 4.78 is 5.45. The molecule has 0 aliphatic carbocycles. The van der Waals surface area contributed by atoms with Gasteiger partial charge in [0.25, 0.3) is 11.8 Å². The minimum Gasteiger partial charge on any atom is -0.507 e. The summed E-state index contributed by atoms with van der Waals surface area (Å²) in [5.41, 5.74) is 0.720. The zero-order chi connectivity index (χ0) is 18.7. The number of amides is 2. The fraction of sp³-hybridized carbons (Fsp3) is 0.105. The first-order valence-electron chi connectivity index (χ1n) is 7.93. The molecule has 1 fully saturated rings. The number of carbonyl (C=O) groups excluding carboxylic acids is 2. The van der Waals surface area contributed by atoms with Gasteiger partial charge in [0.2, 0.25) is 0 Å². The lowest BCUT2D eigenvalue weighted by Gasteiger charge is -2.29. The Morgan fingerprint density at radius 3 is 2.69 bits per heavy atom. The summed E-state index contributed by atoms with van der Waals surface area (Å²) in [4.78, 5) is 26.4. The van der Waals surface area contributed by atoms with Crippen molar-refractivity contribution < 1.29 is 19.4 Å². The average molecular weight is 368 g/mol. The molecule has 0 spiro atoms. The van der Waals surface area contributed by atoms with Crippen LogP contribution in [0.15, 0.2) is 54.1 Å². The van der Waals surface area contributed by atoms with Crippen LogP contribution in [0.3, 0.4) is 0 Å². The number of ether oxygens (including phenoxy) is 1. The van der Waals surface area contributed by atoms with E-state index in [9.17, 15) is 14.7 Å². The van der Waals surface area contributed by atoms with Crippen LogP contribution in [0.1, 0.15) is 12.5 Å². The van der Waals surface area contributed by atoms with Crippen molar-refractivity contribution in [1.29, 1.82) is 0 Å². The van der Waals surface area contributed by atoms with Gasteiger partial charge in [-0.3, -0.25) is 19.8 Å². The maximum atomic E-state index is 12.9. The van der Waals surface area contributed by atoms with E-state index in [1.54, 1.807) is 42.5 Å². The van der Waals surface area contributed by atoms with E-state index in [1.165, 1.54) is 17.0 Å². The summed E-state index contributed by atoms with van der Waals surface area (Å²) in [5, 5.41) is 12.4. The van der Waals surface area contributed by atoms with Crippen LogP contribution in [0, 0.1) is 0 Å². The average Bonchev–Trinajstić information content (AvgIpc) is 2.60. The van der Waals surface area contributed by atoms with Crippen molar-refractivity contribution in [1.82, 2.24) is 5.32 Å². The summed E-state index contributed by atoms with van der Waals surface area (Å²) in [5.74, 6) is -0.626. The summed E-state index contributed by atoms with van der Waals surface area (Å²) in [7, 11) is 0. The van der Waals surface area contributed by atoms with E-state index in [1.807, 2.05) is 6.92 Å². The third-order valence-electron chi connectivity index (χ3n) is 3.73. The number of benzene rings is 2. The van der Waals surface area contributed by atoms with Crippen molar-refractivity contribution in [3.05, 3.63) is 59.7 Å². The summed E-state index contributed by atoms with van der Waals surface area (Å²) in [6.45, 7) is 2.34. The fourth-order valence-electron chi connectivity index (χ4n) is 2.54. The number of nitrogens with one attached hydrogen (secondary N) is 1. The molecule has 2 aromatic rings. The predicted molar refractivity (Wildman–Crippen MR) is 102 cm³/mol. The first-order valence-corrected chi connectivity index (χ1v) is 8.34. The van der Waals surface area contributed by atoms with Crippen molar-refractivity contribution in [3.63, 3.8) is 0 Å². The number of phenolic OH excluding ortho intramolecular Hbond substituents is 1. The standard InChI is InChI=1S/C19H16N2O4S/c1-2-25-14-8-5-7-13(11-14)21-18(24)15(17(23)20-19(21)26)10-12-6-3-4-9-16(12)22/h3-11,22H,2H2,1H3,(H,20,23,26). The molecule has 2 aromatic carbocycles. The van der Waals surface area contributed by atoms with Crippen LogP contribution >= 0.6 is 12.2 Å². The van der Waals surface area contributed by atoms with Gasteiger partial charge < -0.3 is 9.84 Å². The minimum atomic E-state index is -0.611. The van der Waals surface area contributed by atoms with Crippen molar-refractivity contribution in [2.75, 3.05) is 11.5 Å². The maximum Gasteiger partial charge on any atom is 0.270 e. The molecule has 1 heterocycles. The lowest BCUT2D eigenvalue weighted by atomic mass is 10.1. The Morgan fingerprint density at radius 2 is 1.96 bits per heavy atom. The second-order valence-electron chi connectivity index (χ2n) is 5.45. The van der Waals surface area contributed by atoms with Gasteiger partial charge in [0, 0.05) is 11.6 Å². The second kappa shape index (κ2) is 7.37. The highest BCUT2D eigenvalue weighted by Crippen LogP contribution is 2.27. The highest BCUT2D eigenvalue weighted by atomic mass is 32.1. The molecule has 0 atom stereocenters. The van der Waals surface area contributed by atoms with Crippen LogP contribution < -0.4 is 15.0 Å². The van der Waals surface area contributed by atoms with Crippen molar-refractivity contribution in [2.45, 2.75) is 6.92 Å². The van der Waals surface area contributed by atoms with Crippen LogP contribution in [0.5, 0.6) is 11.5 Å². The number of hydrogen-bond acceptors (Lipinski definition) is 5. The van der Waals surface area contributed by atoms with Crippen LogP contribution in [-0.4, -0.2) is 28.6 Å². The highest BCUT2D eigenvalue weighted by Gasteiger charge is 2.34. The van der Waals surface area contributed by atoms with Crippen molar-refractivity contribution >= 4 is 40.9 Å². The van der Waals surface area contributed by atoms with Gasteiger partial charge in [-0.1, -0.05) is 24.3 Å². The molecule has 0 unspecified atom stereocenters. The number of thiocarbonyl (C=S) groups is 1. The van der Waals surface area contributed by atoms with Gasteiger partial charge in [-0.2, -0.15) is 0 Å². The SMILES string of the molecule is CCOc1cccc(N2C(=O)C(=Cc3ccccc3O)C(=O)NC2=S)c1. The lowest BCUT2D eigenvalue weighted by Crippen LogP contribution is -2.54. The monoisotopic (exact) mass is 368 g/mol. The number of aromatic hydroxyl groups is 1. The van der Waals surface area contributed by atoms with Crippen LogP contribution in [0.25, 0.3) is 6.08 Å². The normalized spacial score (nSPS) is 16.0. The molecule has 1 saturated heterocycles. The Hall–Kier alpha value is -3.19. The Balaban J connectivity index is 2.01. The van der Waals surface area contributed by atoms with E-state index in [-0.39, 0.29) is 16.4 Å². The first-order chi connectivity index (χ1) is 12.5. The van der Waals surface area contributed by atoms with Gasteiger partial charge in [0.1, 0.15) is 17.1 Å². The molecule has 1 aliphatic heterocycles. The van der Waals surface area contributed by atoms with E-state index in [0.717, 1.165) is 0 Å². The molecule has 1 aliphatic rings. The zero-order valence-corrected chi connectivity index (χ0v) is 14.7. The van der Waals surface area contributed by atoms with E-state index in [2.05, 4.69) is 5.32 Å². The Morgan fingerprint density at radius 1 is 1.19 bits per heavy atom. The molecule has 0 bridgehead atoms. The Bertz CT molecular complexity index is 923. The van der Waals surface area contributed by atoms with Crippen LogP contribution in [-0.2, 0) is 9.59 Å². The van der Waals surface area contributed by atoms with E-state index in [0.29, 0.717) is 23.6 Å². The van der Waals surface area contributed by atoms with Gasteiger partial charge in [-0.15, -0.1) is 0 Å².